The topological polar surface area (TPSA) is 30.5 Å². The second-order valence-corrected chi connectivity index (χ2v) is 12.3. The van der Waals surface area contributed by atoms with E-state index in [4.69, 9.17) is 9.16 Å². The Kier molecular flexibility index (Phi) is 5.60. The van der Waals surface area contributed by atoms with Gasteiger partial charge in [-0.15, -0.1) is 0 Å². The summed E-state index contributed by atoms with van der Waals surface area (Å²) in [5.74, 6) is 1.84. The van der Waals surface area contributed by atoms with Gasteiger partial charge >= 0.3 is 0 Å². The van der Waals surface area contributed by atoms with Crippen LogP contribution in [-0.2, 0) is 6.54 Å². The normalized spacial score (nSPS) is 11.9. The molecule has 0 fully saturated rings. The van der Waals surface area contributed by atoms with Gasteiger partial charge in [-0.05, 0) is 60.1 Å². The molecule has 0 bridgehead atoms. The van der Waals surface area contributed by atoms with Crippen LogP contribution in [0.4, 0.5) is 5.69 Å². The highest BCUT2D eigenvalue weighted by Crippen LogP contribution is 2.37. The van der Waals surface area contributed by atoms with Crippen molar-refractivity contribution in [2.75, 3.05) is 12.4 Å². The Morgan fingerprint density at radius 3 is 1.92 bits per heavy atom. The number of rotatable bonds is 6. The Bertz CT molecular complexity index is 643. The second kappa shape index (κ2) is 7.30. The second-order valence-electron chi connectivity index (χ2n) is 7.59. The van der Waals surface area contributed by atoms with E-state index in [2.05, 4.69) is 63.4 Å². The zero-order valence-corrected chi connectivity index (χ0v) is 16.6. The number of anilines is 1. The molecule has 0 saturated carbocycles. The molecule has 3 nitrogen and oxygen atoms in total. The first-order valence-corrected chi connectivity index (χ1v) is 11.3. The lowest BCUT2D eigenvalue weighted by Gasteiger charge is -2.36. The van der Waals surface area contributed by atoms with E-state index in [1.807, 2.05) is 24.3 Å². The molecule has 2 rings (SSSR count). The fourth-order valence-electron chi connectivity index (χ4n) is 2.04. The minimum atomic E-state index is -1.77. The zero-order valence-electron chi connectivity index (χ0n) is 15.6. The summed E-state index contributed by atoms with van der Waals surface area (Å²) in [6.07, 6.45) is 0. The maximum absolute atomic E-state index is 6.31. The highest BCUT2D eigenvalue weighted by molar-refractivity contribution is 6.74. The molecule has 130 valence electrons. The first-order valence-electron chi connectivity index (χ1n) is 8.37. The standard InChI is InChI=1S/C20H29NO2Si/c1-20(2,3)24(5,6)23-19-11-7-16(8-12-19)15-21-17-9-13-18(22-4)14-10-17/h7-14,21H,15H2,1-6H3. The van der Waals surface area contributed by atoms with Crippen molar-refractivity contribution in [1.29, 1.82) is 0 Å². The quantitative estimate of drug-likeness (QED) is 0.683. The maximum atomic E-state index is 6.31. The summed E-state index contributed by atoms with van der Waals surface area (Å²) in [6, 6.07) is 16.4. The lowest BCUT2D eigenvalue weighted by Crippen LogP contribution is -2.43. The van der Waals surface area contributed by atoms with Crippen molar-refractivity contribution < 1.29 is 9.16 Å². The van der Waals surface area contributed by atoms with Crippen molar-refractivity contribution in [3.8, 4) is 11.5 Å². The number of benzene rings is 2. The molecule has 2 aromatic rings. The van der Waals surface area contributed by atoms with E-state index < -0.39 is 8.32 Å². The highest BCUT2D eigenvalue weighted by atomic mass is 28.4. The summed E-state index contributed by atoms with van der Waals surface area (Å²) in [5, 5.41) is 3.63. The fourth-order valence-corrected chi connectivity index (χ4v) is 3.07. The van der Waals surface area contributed by atoms with E-state index in [0.29, 0.717) is 0 Å². The molecule has 0 radical (unpaired) electrons. The third-order valence-electron chi connectivity index (χ3n) is 4.69. The molecule has 2 aromatic carbocycles. The molecule has 0 aliphatic carbocycles. The van der Waals surface area contributed by atoms with Crippen LogP contribution in [0, 0.1) is 0 Å². The minimum absolute atomic E-state index is 0.210. The molecule has 0 atom stereocenters. The van der Waals surface area contributed by atoms with Crippen LogP contribution in [0.25, 0.3) is 0 Å². The van der Waals surface area contributed by atoms with Gasteiger partial charge in [0, 0.05) is 12.2 Å². The van der Waals surface area contributed by atoms with Gasteiger partial charge in [0.2, 0.25) is 8.32 Å². The smallest absolute Gasteiger partial charge is 0.250 e. The lowest BCUT2D eigenvalue weighted by atomic mass is 10.2. The van der Waals surface area contributed by atoms with Crippen molar-refractivity contribution in [1.82, 2.24) is 0 Å². The van der Waals surface area contributed by atoms with Crippen LogP contribution in [0.1, 0.15) is 26.3 Å². The summed E-state index contributed by atoms with van der Waals surface area (Å²) in [7, 11) is -0.0944. The number of methoxy groups -OCH3 is 1. The molecule has 0 aromatic heterocycles. The van der Waals surface area contributed by atoms with Gasteiger partial charge in [0.15, 0.2) is 0 Å². The van der Waals surface area contributed by atoms with Gasteiger partial charge in [-0.2, -0.15) is 0 Å². The van der Waals surface area contributed by atoms with E-state index in [-0.39, 0.29) is 5.04 Å². The largest absolute Gasteiger partial charge is 0.544 e. The number of hydrogen-bond donors (Lipinski definition) is 1. The molecule has 0 unspecified atom stereocenters. The van der Waals surface area contributed by atoms with Gasteiger partial charge in [0.25, 0.3) is 0 Å². The van der Waals surface area contributed by atoms with Crippen LogP contribution in [0.2, 0.25) is 18.1 Å². The summed E-state index contributed by atoms with van der Waals surface area (Å²) in [4.78, 5) is 0. The molecule has 0 heterocycles. The van der Waals surface area contributed by atoms with E-state index in [1.54, 1.807) is 7.11 Å². The van der Waals surface area contributed by atoms with Crippen LogP contribution in [0.3, 0.4) is 0 Å². The summed E-state index contributed by atoms with van der Waals surface area (Å²) < 4.78 is 11.5. The zero-order chi connectivity index (χ0) is 17.8. The van der Waals surface area contributed by atoms with Crippen LogP contribution in [-0.4, -0.2) is 15.4 Å². The summed E-state index contributed by atoms with van der Waals surface area (Å²) >= 11 is 0. The average molecular weight is 344 g/mol. The van der Waals surface area contributed by atoms with E-state index in [0.717, 1.165) is 23.7 Å². The third-order valence-corrected chi connectivity index (χ3v) is 9.05. The Morgan fingerprint density at radius 2 is 1.42 bits per heavy atom. The number of ether oxygens (including phenoxy) is 1. The van der Waals surface area contributed by atoms with Crippen LogP contribution < -0.4 is 14.5 Å². The molecular formula is C20H29NO2Si. The lowest BCUT2D eigenvalue weighted by molar-refractivity contribution is 0.415. The molecule has 0 amide bonds. The predicted molar refractivity (Wildman–Crippen MR) is 105 cm³/mol. The van der Waals surface area contributed by atoms with E-state index in [9.17, 15) is 0 Å². The molecular weight excluding hydrogens is 314 g/mol. The SMILES string of the molecule is COc1ccc(NCc2ccc(O[Si](C)(C)C(C)(C)C)cc2)cc1. The van der Waals surface area contributed by atoms with Crippen molar-refractivity contribution in [3.05, 3.63) is 54.1 Å². The Balaban J connectivity index is 1.94. The Hall–Kier alpha value is -1.94. The Morgan fingerprint density at radius 1 is 0.875 bits per heavy atom. The third kappa shape index (κ3) is 4.77. The van der Waals surface area contributed by atoms with Gasteiger partial charge in [-0.3, -0.25) is 0 Å². The van der Waals surface area contributed by atoms with Crippen LogP contribution >= 0.6 is 0 Å². The maximum Gasteiger partial charge on any atom is 0.250 e. The van der Waals surface area contributed by atoms with Gasteiger partial charge in [-0.1, -0.05) is 32.9 Å². The summed E-state index contributed by atoms with van der Waals surface area (Å²) in [5.41, 5.74) is 2.31. The van der Waals surface area contributed by atoms with Crippen LogP contribution in [0.5, 0.6) is 11.5 Å². The first-order chi connectivity index (χ1) is 11.2. The molecule has 0 aliphatic rings. The predicted octanol–water partition coefficient (Wildman–Crippen LogP) is 5.69. The molecule has 1 N–H and O–H groups in total. The van der Waals surface area contributed by atoms with Crippen molar-refractivity contribution >= 4 is 14.0 Å². The molecule has 0 saturated heterocycles. The number of nitrogens with one attached hydrogen (secondary N) is 1. The highest BCUT2D eigenvalue weighted by Gasteiger charge is 2.38. The van der Waals surface area contributed by atoms with Crippen molar-refractivity contribution in [2.24, 2.45) is 0 Å². The molecule has 0 aliphatic heterocycles. The number of hydrogen-bond acceptors (Lipinski definition) is 3. The van der Waals surface area contributed by atoms with Gasteiger partial charge in [0.1, 0.15) is 11.5 Å². The minimum Gasteiger partial charge on any atom is -0.544 e. The molecule has 0 spiro atoms. The van der Waals surface area contributed by atoms with E-state index >= 15 is 0 Å². The van der Waals surface area contributed by atoms with E-state index in [1.165, 1.54) is 5.56 Å². The van der Waals surface area contributed by atoms with Crippen LogP contribution in [0.15, 0.2) is 48.5 Å². The molecule has 24 heavy (non-hydrogen) atoms. The van der Waals surface area contributed by atoms with Crippen molar-refractivity contribution in [2.45, 2.75) is 45.4 Å². The van der Waals surface area contributed by atoms with Crippen molar-refractivity contribution in [3.63, 3.8) is 0 Å². The van der Waals surface area contributed by atoms with Gasteiger partial charge in [-0.25, -0.2) is 0 Å². The first kappa shape index (κ1) is 18.4. The summed E-state index contributed by atoms with van der Waals surface area (Å²) in [6.45, 7) is 12.1. The fraction of sp³-hybridized carbons (Fsp3) is 0.400. The van der Waals surface area contributed by atoms with Gasteiger partial charge in [0.05, 0.1) is 7.11 Å². The monoisotopic (exact) mass is 343 g/mol. The Labute approximate surface area is 147 Å². The molecule has 4 heteroatoms. The van der Waals surface area contributed by atoms with Gasteiger partial charge < -0.3 is 14.5 Å². The average Bonchev–Trinajstić information content (AvgIpc) is 2.53.